The fourth-order valence-corrected chi connectivity index (χ4v) is 2.96. The van der Waals surface area contributed by atoms with Gasteiger partial charge in [-0.3, -0.25) is 0 Å². The standard InChI is InChI=1S/C12H21N3OS/c1-2-13-7-3-6-11-14-15-12(17-11)9-10-5-4-8-16-10/h10,13H,2-9H2,1H3. The fourth-order valence-electron chi connectivity index (χ4n) is 2.01. The molecule has 1 aliphatic rings. The Balaban J connectivity index is 1.71. The molecule has 1 saturated heterocycles. The monoisotopic (exact) mass is 255 g/mol. The summed E-state index contributed by atoms with van der Waals surface area (Å²) in [4.78, 5) is 0. The van der Waals surface area contributed by atoms with E-state index >= 15 is 0 Å². The van der Waals surface area contributed by atoms with Gasteiger partial charge in [0.25, 0.3) is 0 Å². The molecule has 0 aromatic carbocycles. The molecule has 5 heteroatoms. The van der Waals surface area contributed by atoms with Gasteiger partial charge in [0, 0.05) is 19.4 Å². The Hall–Kier alpha value is -0.520. The van der Waals surface area contributed by atoms with Crippen LogP contribution in [-0.4, -0.2) is 36.0 Å². The van der Waals surface area contributed by atoms with Crippen LogP contribution < -0.4 is 5.32 Å². The van der Waals surface area contributed by atoms with Crippen molar-refractivity contribution in [3.05, 3.63) is 10.0 Å². The van der Waals surface area contributed by atoms with Gasteiger partial charge in [-0.1, -0.05) is 6.92 Å². The first-order valence-corrected chi connectivity index (χ1v) is 7.33. The molecule has 96 valence electrons. The van der Waals surface area contributed by atoms with Crippen LogP contribution in [0, 0.1) is 0 Å². The molecule has 0 amide bonds. The summed E-state index contributed by atoms with van der Waals surface area (Å²) in [5, 5.41) is 14.1. The normalized spacial score (nSPS) is 19.9. The SMILES string of the molecule is CCNCCCc1nnc(CC2CCCO2)s1. The minimum absolute atomic E-state index is 0.387. The van der Waals surface area contributed by atoms with E-state index in [9.17, 15) is 0 Å². The third kappa shape index (κ3) is 4.33. The highest BCUT2D eigenvalue weighted by Gasteiger charge is 2.18. The Morgan fingerprint density at radius 1 is 1.41 bits per heavy atom. The van der Waals surface area contributed by atoms with Crippen molar-refractivity contribution >= 4 is 11.3 Å². The summed E-state index contributed by atoms with van der Waals surface area (Å²) in [5.74, 6) is 0. The zero-order chi connectivity index (χ0) is 11.9. The topological polar surface area (TPSA) is 47.0 Å². The van der Waals surface area contributed by atoms with E-state index in [1.807, 2.05) is 0 Å². The summed E-state index contributed by atoms with van der Waals surface area (Å²) in [6, 6.07) is 0. The number of aryl methyl sites for hydroxylation is 1. The second-order valence-electron chi connectivity index (χ2n) is 4.39. The second kappa shape index (κ2) is 7.03. The summed E-state index contributed by atoms with van der Waals surface area (Å²) in [6.07, 6.45) is 5.88. The summed E-state index contributed by atoms with van der Waals surface area (Å²) < 4.78 is 5.61. The molecule has 1 atom stereocenters. The number of rotatable bonds is 7. The highest BCUT2D eigenvalue weighted by Crippen LogP contribution is 2.19. The van der Waals surface area contributed by atoms with Crippen molar-refractivity contribution in [2.75, 3.05) is 19.7 Å². The number of hydrogen-bond donors (Lipinski definition) is 1. The quantitative estimate of drug-likeness (QED) is 0.755. The van der Waals surface area contributed by atoms with E-state index in [4.69, 9.17) is 4.74 Å². The van der Waals surface area contributed by atoms with E-state index in [-0.39, 0.29) is 0 Å². The van der Waals surface area contributed by atoms with Crippen LogP contribution >= 0.6 is 11.3 Å². The average molecular weight is 255 g/mol. The van der Waals surface area contributed by atoms with Crippen LogP contribution in [0.3, 0.4) is 0 Å². The van der Waals surface area contributed by atoms with Crippen LogP contribution in [0.25, 0.3) is 0 Å². The van der Waals surface area contributed by atoms with Crippen molar-refractivity contribution in [1.29, 1.82) is 0 Å². The second-order valence-corrected chi connectivity index (χ2v) is 5.53. The van der Waals surface area contributed by atoms with Gasteiger partial charge in [-0.05, 0) is 32.4 Å². The molecule has 0 saturated carbocycles. The molecule has 0 spiro atoms. The highest BCUT2D eigenvalue weighted by atomic mass is 32.1. The predicted octanol–water partition coefficient (Wildman–Crippen LogP) is 1.80. The molecule has 1 aromatic rings. The van der Waals surface area contributed by atoms with Gasteiger partial charge >= 0.3 is 0 Å². The Morgan fingerprint density at radius 3 is 3.06 bits per heavy atom. The molecule has 0 bridgehead atoms. The van der Waals surface area contributed by atoms with Crippen LogP contribution in [-0.2, 0) is 17.6 Å². The van der Waals surface area contributed by atoms with Gasteiger partial charge < -0.3 is 10.1 Å². The molecule has 1 aromatic heterocycles. The minimum atomic E-state index is 0.387. The molecule has 1 aliphatic heterocycles. The molecule has 1 N–H and O–H groups in total. The molecule has 0 radical (unpaired) electrons. The van der Waals surface area contributed by atoms with Gasteiger partial charge in [0.05, 0.1) is 6.10 Å². The van der Waals surface area contributed by atoms with Crippen molar-refractivity contribution in [3.8, 4) is 0 Å². The maximum atomic E-state index is 5.61. The highest BCUT2D eigenvalue weighted by molar-refractivity contribution is 7.11. The summed E-state index contributed by atoms with van der Waals surface area (Å²) in [7, 11) is 0. The fraction of sp³-hybridized carbons (Fsp3) is 0.833. The molecule has 2 rings (SSSR count). The van der Waals surface area contributed by atoms with Crippen molar-refractivity contribution < 1.29 is 4.74 Å². The number of nitrogens with one attached hydrogen (secondary N) is 1. The molecular formula is C12H21N3OS. The van der Waals surface area contributed by atoms with E-state index < -0.39 is 0 Å². The zero-order valence-corrected chi connectivity index (χ0v) is 11.3. The van der Waals surface area contributed by atoms with E-state index in [1.54, 1.807) is 11.3 Å². The van der Waals surface area contributed by atoms with Crippen LogP contribution in [0.4, 0.5) is 0 Å². The van der Waals surface area contributed by atoms with Gasteiger partial charge in [0.15, 0.2) is 0 Å². The van der Waals surface area contributed by atoms with E-state index in [1.165, 1.54) is 12.8 Å². The Morgan fingerprint density at radius 2 is 2.29 bits per heavy atom. The molecule has 0 aliphatic carbocycles. The third-order valence-electron chi connectivity index (χ3n) is 2.93. The van der Waals surface area contributed by atoms with E-state index in [2.05, 4.69) is 22.4 Å². The Bertz CT molecular complexity index is 323. The van der Waals surface area contributed by atoms with Gasteiger partial charge in [-0.25, -0.2) is 0 Å². The van der Waals surface area contributed by atoms with Gasteiger partial charge in [-0.15, -0.1) is 21.5 Å². The zero-order valence-electron chi connectivity index (χ0n) is 10.4. The molecule has 17 heavy (non-hydrogen) atoms. The van der Waals surface area contributed by atoms with Gasteiger partial charge in [0.2, 0.25) is 0 Å². The average Bonchev–Trinajstić information content (AvgIpc) is 2.97. The third-order valence-corrected chi connectivity index (χ3v) is 3.93. The van der Waals surface area contributed by atoms with Crippen molar-refractivity contribution in [2.45, 2.75) is 45.1 Å². The first-order chi connectivity index (χ1) is 8.38. The Labute approximate surface area is 107 Å². The maximum absolute atomic E-state index is 5.61. The Kier molecular flexibility index (Phi) is 5.35. The molecular weight excluding hydrogens is 234 g/mol. The van der Waals surface area contributed by atoms with Gasteiger partial charge in [0.1, 0.15) is 10.0 Å². The number of hydrogen-bond acceptors (Lipinski definition) is 5. The van der Waals surface area contributed by atoms with Crippen molar-refractivity contribution in [2.24, 2.45) is 0 Å². The van der Waals surface area contributed by atoms with Crippen LogP contribution in [0.1, 0.15) is 36.2 Å². The van der Waals surface area contributed by atoms with Crippen LogP contribution in [0.5, 0.6) is 0 Å². The lowest BCUT2D eigenvalue weighted by Crippen LogP contribution is -2.14. The molecule has 1 unspecified atom stereocenters. The molecule has 1 fully saturated rings. The van der Waals surface area contributed by atoms with Gasteiger partial charge in [-0.2, -0.15) is 0 Å². The predicted molar refractivity (Wildman–Crippen MR) is 69.5 cm³/mol. The summed E-state index contributed by atoms with van der Waals surface area (Å²) in [6.45, 7) is 5.15. The first kappa shape index (κ1) is 12.9. The summed E-state index contributed by atoms with van der Waals surface area (Å²) >= 11 is 1.75. The lowest BCUT2D eigenvalue weighted by molar-refractivity contribution is 0.111. The number of aromatic nitrogens is 2. The lowest BCUT2D eigenvalue weighted by atomic mass is 10.2. The van der Waals surface area contributed by atoms with E-state index in [0.717, 1.165) is 49.0 Å². The van der Waals surface area contributed by atoms with Crippen LogP contribution in [0.2, 0.25) is 0 Å². The summed E-state index contributed by atoms with van der Waals surface area (Å²) in [5.41, 5.74) is 0. The number of ether oxygens (including phenoxy) is 1. The lowest BCUT2D eigenvalue weighted by Gasteiger charge is -2.04. The first-order valence-electron chi connectivity index (χ1n) is 6.52. The number of nitrogens with zero attached hydrogens (tertiary/aromatic N) is 2. The van der Waals surface area contributed by atoms with Crippen molar-refractivity contribution in [3.63, 3.8) is 0 Å². The minimum Gasteiger partial charge on any atom is -0.378 e. The largest absolute Gasteiger partial charge is 0.378 e. The van der Waals surface area contributed by atoms with Crippen molar-refractivity contribution in [1.82, 2.24) is 15.5 Å². The van der Waals surface area contributed by atoms with E-state index in [0.29, 0.717) is 6.10 Å². The smallest absolute Gasteiger partial charge is 0.120 e. The molecule has 2 heterocycles. The van der Waals surface area contributed by atoms with Crippen LogP contribution in [0.15, 0.2) is 0 Å². The molecule has 4 nitrogen and oxygen atoms in total. The maximum Gasteiger partial charge on any atom is 0.120 e.